The fourth-order valence-corrected chi connectivity index (χ4v) is 8.10. The van der Waals surface area contributed by atoms with Gasteiger partial charge in [0.1, 0.15) is 23.1 Å². The number of ether oxygens (including phenoxy) is 3. The third-order valence-corrected chi connectivity index (χ3v) is 11.8. The fraction of sp³-hybridized carbons (Fsp3) is 0.250. The van der Waals surface area contributed by atoms with Crippen LogP contribution in [0.5, 0.6) is 17.2 Å². The molecule has 3 N–H and O–H groups in total. The number of aldehydes is 3. The van der Waals surface area contributed by atoms with E-state index in [1.165, 1.54) is 46.5 Å². The van der Waals surface area contributed by atoms with Gasteiger partial charge in [-0.15, -0.1) is 0 Å². The number of primary amides is 1. The Bertz CT molecular complexity index is 2840. The first-order chi connectivity index (χ1) is 33.0. The quantitative estimate of drug-likeness (QED) is 0.131. The monoisotopic (exact) mass is 946 g/mol. The highest BCUT2D eigenvalue weighted by Crippen LogP contribution is 2.31. The molecule has 0 atom stereocenters. The van der Waals surface area contributed by atoms with Gasteiger partial charge in [0, 0.05) is 49.7 Å². The lowest BCUT2D eigenvalue weighted by Crippen LogP contribution is -2.30. The highest BCUT2D eigenvalue weighted by atomic mass is 19.1. The minimum atomic E-state index is -0.428. The molecule has 9 rings (SSSR count). The number of carbonyl (C=O) groups excluding carboxylic acids is 4. The fourth-order valence-electron chi connectivity index (χ4n) is 8.10. The first kappa shape index (κ1) is 54.3. The van der Waals surface area contributed by atoms with E-state index in [9.17, 15) is 23.6 Å². The Labute approximate surface area is 409 Å². The molecule has 6 aromatic rings. The third kappa shape index (κ3) is 13.6. The number of benzene rings is 6. The first-order valence-corrected chi connectivity index (χ1v) is 21.8. The highest BCUT2D eigenvalue weighted by Gasteiger charge is 2.21. The maximum absolute atomic E-state index is 12.1. The van der Waals surface area contributed by atoms with Gasteiger partial charge >= 0.3 is 0 Å². The number of carbonyl (C=O) groups is 4. The second-order valence-electron chi connectivity index (χ2n) is 15.9. The smallest absolute Gasteiger partial charge is 0.248 e. The van der Waals surface area contributed by atoms with Crippen molar-refractivity contribution in [3.05, 3.63) is 182 Å². The van der Waals surface area contributed by atoms with E-state index in [2.05, 4.69) is 21.2 Å². The van der Waals surface area contributed by atoms with Crippen LogP contribution in [-0.2, 0) is 38.9 Å². The molecular weight excluding hydrogens is 888 g/mol. The molecule has 3 aliphatic rings. The van der Waals surface area contributed by atoms with Crippen molar-refractivity contribution in [2.45, 2.75) is 53.8 Å². The molecule has 0 spiro atoms. The van der Waals surface area contributed by atoms with Crippen molar-refractivity contribution in [3.63, 3.8) is 0 Å². The number of anilines is 2. The summed E-state index contributed by atoms with van der Waals surface area (Å²) in [6.07, 6.45) is 5.28. The molecular formula is C56H59FN6O7. The number of hydrogen-bond acceptors (Lipinski definition) is 12. The van der Waals surface area contributed by atoms with Crippen LogP contribution in [0, 0.1) is 28.5 Å². The molecule has 6 aromatic carbocycles. The number of nitrogens with one attached hydrogen (secondary N) is 1. The predicted molar refractivity (Wildman–Crippen MR) is 271 cm³/mol. The van der Waals surface area contributed by atoms with E-state index < -0.39 is 5.91 Å². The third-order valence-electron chi connectivity index (χ3n) is 11.8. The summed E-state index contributed by atoms with van der Waals surface area (Å²) in [7, 11) is 4.75. The molecule has 0 saturated heterocycles. The molecule has 1 amide bonds. The van der Waals surface area contributed by atoms with Gasteiger partial charge in [-0.25, -0.2) is 4.39 Å². The topological polar surface area (TPSA) is 188 Å². The Hall–Kier alpha value is -8.33. The zero-order chi connectivity index (χ0) is 48.6. The summed E-state index contributed by atoms with van der Waals surface area (Å²) >= 11 is 0. The van der Waals surface area contributed by atoms with Gasteiger partial charge in [-0.2, -0.15) is 10.5 Å². The van der Waals surface area contributed by atoms with Gasteiger partial charge < -0.3 is 35.1 Å². The summed E-state index contributed by atoms with van der Waals surface area (Å²) < 4.78 is 27.8. The summed E-state index contributed by atoms with van der Waals surface area (Å²) in [5, 5.41) is 20.4. The van der Waals surface area contributed by atoms with E-state index in [-0.39, 0.29) is 20.7 Å². The summed E-state index contributed by atoms with van der Waals surface area (Å²) in [5.41, 5.74) is 18.0. The zero-order valence-corrected chi connectivity index (χ0v) is 38.1. The predicted octanol–water partition coefficient (Wildman–Crippen LogP) is 9.23. The maximum Gasteiger partial charge on any atom is 0.248 e. The van der Waals surface area contributed by atoms with Gasteiger partial charge in [-0.3, -0.25) is 19.2 Å². The van der Waals surface area contributed by atoms with Crippen molar-refractivity contribution in [1.29, 1.82) is 10.5 Å². The second-order valence-corrected chi connectivity index (χ2v) is 15.9. The van der Waals surface area contributed by atoms with E-state index in [1.54, 1.807) is 33.5 Å². The molecule has 0 saturated carbocycles. The van der Waals surface area contributed by atoms with Crippen LogP contribution in [0.2, 0.25) is 0 Å². The largest absolute Gasteiger partial charge is 0.496 e. The van der Waals surface area contributed by atoms with Gasteiger partial charge in [-0.05, 0) is 168 Å². The number of nitriles is 2. The van der Waals surface area contributed by atoms with Crippen molar-refractivity contribution in [3.8, 4) is 29.4 Å². The van der Waals surface area contributed by atoms with Crippen LogP contribution >= 0.6 is 0 Å². The SMILES string of the molecule is C.C.COc1cc2c(cc1C=O)CN(c1ccc(C#N)cc1)CC2.COc1cc2c(cc1C=O)CN(c1ccc(C(N)=O)cc1)CC2.COc1cc2c(cc1C=O)CNCC2.N#Cc1ccc(F)cc1. The van der Waals surface area contributed by atoms with Crippen LogP contribution in [-0.4, -0.2) is 65.7 Å². The van der Waals surface area contributed by atoms with Crippen LogP contribution in [0.15, 0.2) is 109 Å². The summed E-state index contributed by atoms with van der Waals surface area (Å²) in [4.78, 5) is 48.7. The van der Waals surface area contributed by atoms with Gasteiger partial charge in [0.15, 0.2) is 18.9 Å². The van der Waals surface area contributed by atoms with E-state index in [1.807, 2.05) is 78.9 Å². The number of nitrogens with zero attached hydrogens (tertiary/aromatic N) is 4. The lowest BCUT2D eigenvalue weighted by molar-refractivity contribution is 0.0999. The Balaban J connectivity index is 0.000000211. The minimum absolute atomic E-state index is 0. The standard InChI is InChI=1S/C18H18N2O3.C18H16N2O2.C11H13NO2.C7H4FN.2CH4/c1-23-17-9-13-6-7-20(10-14(13)8-15(17)11-21)16-4-2-12(3-5-16)18(19)22;1-22-18-9-14-6-7-20(11-15(14)8-16(18)12-21)17-4-2-13(10-19)3-5-17;1-14-11-5-8-2-3-12-6-9(8)4-10(11)7-13;8-7-3-1-6(5-9)2-4-7;;/h2-5,8-9,11H,6-7,10H2,1H3,(H2,19,22);2-5,8-9,12H,6-7,11H2,1H3;4-5,7,12H,2-3,6H2,1H3;1-4H;2*1H4. The molecule has 0 unspecified atom stereocenters. The summed E-state index contributed by atoms with van der Waals surface area (Å²) in [5.74, 6) is 1.21. The maximum atomic E-state index is 12.1. The second kappa shape index (κ2) is 26.3. The number of halogens is 1. The Kier molecular flexibility index (Phi) is 20.4. The number of amides is 1. The Morgan fingerprint density at radius 2 is 0.971 bits per heavy atom. The molecule has 3 heterocycles. The van der Waals surface area contributed by atoms with Crippen LogP contribution in [0.25, 0.3) is 0 Å². The van der Waals surface area contributed by atoms with Crippen molar-refractivity contribution in [1.82, 2.24) is 5.32 Å². The van der Waals surface area contributed by atoms with Crippen molar-refractivity contribution in [2.24, 2.45) is 5.73 Å². The van der Waals surface area contributed by atoms with Gasteiger partial charge in [0.05, 0.1) is 61.3 Å². The number of methoxy groups -OCH3 is 3. The number of hydrogen-bond donors (Lipinski definition) is 2. The van der Waals surface area contributed by atoms with E-state index in [0.29, 0.717) is 50.6 Å². The van der Waals surface area contributed by atoms with Gasteiger partial charge in [-0.1, -0.05) is 14.9 Å². The normalized spacial score (nSPS) is 12.5. The molecule has 13 nitrogen and oxygen atoms in total. The molecule has 362 valence electrons. The van der Waals surface area contributed by atoms with Crippen molar-refractivity contribution >= 4 is 36.1 Å². The summed E-state index contributed by atoms with van der Waals surface area (Å²) in [6, 6.07) is 35.9. The minimum Gasteiger partial charge on any atom is -0.496 e. The van der Waals surface area contributed by atoms with Crippen molar-refractivity contribution in [2.75, 3.05) is 50.8 Å². The van der Waals surface area contributed by atoms with Crippen LogP contribution < -0.4 is 35.1 Å². The molecule has 0 aliphatic carbocycles. The average Bonchev–Trinajstić information content (AvgIpc) is 3.40. The molecule has 14 heteroatoms. The molecule has 0 bridgehead atoms. The Morgan fingerprint density at radius 1 is 0.586 bits per heavy atom. The van der Waals surface area contributed by atoms with Crippen LogP contribution in [0.4, 0.5) is 15.8 Å². The number of rotatable bonds is 9. The number of nitrogens with two attached hydrogens (primary N) is 1. The highest BCUT2D eigenvalue weighted by molar-refractivity contribution is 5.93. The lowest BCUT2D eigenvalue weighted by atomic mass is 9.96. The van der Waals surface area contributed by atoms with Crippen LogP contribution in [0.3, 0.4) is 0 Å². The molecule has 0 fully saturated rings. The van der Waals surface area contributed by atoms with E-state index in [0.717, 1.165) is 99.9 Å². The van der Waals surface area contributed by atoms with Crippen LogP contribution in [0.1, 0.15) is 101 Å². The zero-order valence-electron chi connectivity index (χ0n) is 38.1. The lowest BCUT2D eigenvalue weighted by Gasteiger charge is -2.31. The van der Waals surface area contributed by atoms with Gasteiger partial charge in [0.2, 0.25) is 5.91 Å². The number of fused-ring (bicyclic) bond motifs is 3. The average molecular weight is 947 g/mol. The first-order valence-electron chi connectivity index (χ1n) is 21.8. The molecule has 3 aliphatic heterocycles. The molecule has 70 heavy (non-hydrogen) atoms. The van der Waals surface area contributed by atoms with E-state index >= 15 is 0 Å². The van der Waals surface area contributed by atoms with Gasteiger partial charge in [0.25, 0.3) is 0 Å². The molecule has 0 aromatic heterocycles. The van der Waals surface area contributed by atoms with E-state index in [4.69, 9.17) is 30.5 Å². The Morgan fingerprint density at radius 3 is 1.36 bits per heavy atom. The molecule has 0 radical (unpaired) electrons. The summed E-state index contributed by atoms with van der Waals surface area (Å²) in [6.45, 7) is 5.09. The van der Waals surface area contributed by atoms with Crippen molar-refractivity contribution < 1.29 is 37.8 Å².